The molecule has 1 N–H and O–H groups in total. The molecular formula is C9H16O2. The Morgan fingerprint density at radius 1 is 1.36 bits per heavy atom. The molecule has 1 rings (SSSR count). The highest BCUT2D eigenvalue weighted by atomic mass is 16.5. The van der Waals surface area contributed by atoms with Crippen LogP contribution >= 0.6 is 0 Å². The van der Waals surface area contributed by atoms with Crippen molar-refractivity contribution in [2.24, 2.45) is 5.92 Å². The van der Waals surface area contributed by atoms with E-state index in [1.165, 1.54) is 0 Å². The van der Waals surface area contributed by atoms with Crippen molar-refractivity contribution in [3.63, 3.8) is 0 Å². The van der Waals surface area contributed by atoms with Gasteiger partial charge in [-0.1, -0.05) is 13.8 Å². The van der Waals surface area contributed by atoms with Gasteiger partial charge in [0.1, 0.15) is 6.10 Å². The Balaban J connectivity index is 2.60. The Labute approximate surface area is 67.9 Å². The minimum Gasteiger partial charge on any atom is -0.498 e. The van der Waals surface area contributed by atoms with Crippen molar-refractivity contribution in [1.29, 1.82) is 0 Å². The van der Waals surface area contributed by atoms with E-state index in [0.717, 1.165) is 12.8 Å². The second-order valence-electron chi connectivity index (χ2n) is 2.97. The Hall–Kier alpha value is -0.500. The average molecular weight is 156 g/mol. The van der Waals surface area contributed by atoms with Crippen LogP contribution in [0.2, 0.25) is 0 Å². The van der Waals surface area contributed by atoms with Crippen molar-refractivity contribution in [1.82, 2.24) is 0 Å². The zero-order chi connectivity index (χ0) is 8.27. The molecule has 0 aromatic heterocycles. The van der Waals surface area contributed by atoms with Crippen molar-refractivity contribution in [2.45, 2.75) is 38.9 Å². The molecule has 11 heavy (non-hydrogen) atoms. The van der Waals surface area contributed by atoms with Crippen LogP contribution in [0.4, 0.5) is 0 Å². The summed E-state index contributed by atoms with van der Waals surface area (Å²) in [6.07, 6.45) is 5.19. The molecule has 64 valence electrons. The normalized spacial score (nSPS) is 36.8. The smallest absolute Gasteiger partial charge is 0.103 e. The van der Waals surface area contributed by atoms with Crippen molar-refractivity contribution in [3.05, 3.63) is 12.3 Å². The molecule has 0 aromatic carbocycles. The fourth-order valence-corrected chi connectivity index (χ4v) is 1.59. The van der Waals surface area contributed by atoms with E-state index in [0.29, 0.717) is 0 Å². The van der Waals surface area contributed by atoms with E-state index in [1.54, 1.807) is 12.3 Å². The van der Waals surface area contributed by atoms with Gasteiger partial charge in [0.25, 0.3) is 0 Å². The average Bonchev–Trinajstić information content (AvgIpc) is 2.04. The molecule has 0 bridgehead atoms. The minimum absolute atomic E-state index is 0.208. The van der Waals surface area contributed by atoms with Gasteiger partial charge in [-0.2, -0.15) is 0 Å². The maximum Gasteiger partial charge on any atom is 0.103 e. The number of hydrogen-bond acceptors (Lipinski definition) is 2. The molecule has 1 aliphatic rings. The highest BCUT2D eigenvalue weighted by Gasteiger charge is 2.27. The molecule has 2 heteroatoms. The lowest BCUT2D eigenvalue weighted by Gasteiger charge is -2.30. The van der Waals surface area contributed by atoms with Gasteiger partial charge in [0.2, 0.25) is 0 Å². The largest absolute Gasteiger partial charge is 0.498 e. The van der Waals surface area contributed by atoms with Gasteiger partial charge in [-0.3, -0.25) is 0 Å². The van der Waals surface area contributed by atoms with Crippen molar-refractivity contribution in [2.75, 3.05) is 0 Å². The first-order valence-corrected chi connectivity index (χ1v) is 4.29. The van der Waals surface area contributed by atoms with E-state index in [2.05, 4.69) is 13.8 Å². The molecule has 0 saturated carbocycles. The number of rotatable bonds is 2. The van der Waals surface area contributed by atoms with Gasteiger partial charge in [0, 0.05) is 5.92 Å². The first kappa shape index (κ1) is 8.60. The van der Waals surface area contributed by atoms with Crippen LogP contribution in [0.25, 0.3) is 0 Å². The maximum atomic E-state index is 9.50. The fourth-order valence-electron chi connectivity index (χ4n) is 1.59. The summed E-state index contributed by atoms with van der Waals surface area (Å²) < 4.78 is 5.36. The summed E-state index contributed by atoms with van der Waals surface area (Å²) in [5.41, 5.74) is 0. The molecule has 0 radical (unpaired) electrons. The van der Waals surface area contributed by atoms with Gasteiger partial charge in [-0.05, 0) is 18.9 Å². The number of ether oxygens (including phenoxy) is 1. The third-order valence-corrected chi connectivity index (χ3v) is 2.32. The van der Waals surface area contributed by atoms with E-state index in [-0.39, 0.29) is 18.1 Å². The van der Waals surface area contributed by atoms with Gasteiger partial charge < -0.3 is 9.84 Å². The Bertz CT molecular complexity index is 142. The van der Waals surface area contributed by atoms with Crippen molar-refractivity contribution >= 4 is 0 Å². The van der Waals surface area contributed by atoms with E-state index in [1.807, 2.05) is 0 Å². The van der Waals surface area contributed by atoms with E-state index in [9.17, 15) is 5.11 Å². The lowest BCUT2D eigenvalue weighted by Crippen LogP contribution is -2.33. The summed E-state index contributed by atoms with van der Waals surface area (Å²) in [4.78, 5) is 0. The van der Waals surface area contributed by atoms with Crippen LogP contribution in [0.15, 0.2) is 12.3 Å². The first-order chi connectivity index (χ1) is 5.29. The third kappa shape index (κ3) is 1.74. The van der Waals surface area contributed by atoms with Crippen LogP contribution < -0.4 is 0 Å². The van der Waals surface area contributed by atoms with Crippen LogP contribution in [0, 0.1) is 5.92 Å². The van der Waals surface area contributed by atoms with Gasteiger partial charge in [-0.25, -0.2) is 0 Å². The summed E-state index contributed by atoms with van der Waals surface area (Å²) in [6, 6.07) is 0. The van der Waals surface area contributed by atoms with E-state index < -0.39 is 0 Å². The van der Waals surface area contributed by atoms with Crippen molar-refractivity contribution < 1.29 is 9.84 Å². The van der Waals surface area contributed by atoms with Gasteiger partial charge in [-0.15, -0.1) is 0 Å². The summed E-state index contributed by atoms with van der Waals surface area (Å²) in [7, 11) is 0. The van der Waals surface area contributed by atoms with E-state index >= 15 is 0 Å². The number of aliphatic hydroxyl groups excluding tert-OH is 1. The zero-order valence-corrected chi connectivity index (χ0v) is 7.16. The Morgan fingerprint density at radius 2 is 2.09 bits per heavy atom. The molecule has 0 spiro atoms. The Morgan fingerprint density at radius 3 is 2.55 bits per heavy atom. The third-order valence-electron chi connectivity index (χ3n) is 2.32. The van der Waals surface area contributed by atoms with Gasteiger partial charge in [0.05, 0.1) is 12.4 Å². The van der Waals surface area contributed by atoms with Crippen LogP contribution in [-0.2, 0) is 4.74 Å². The quantitative estimate of drug-likeness (QED) is 0.659. The maximum absolute atomic E-state index is 9.50. The standard InChI is InChI=1S/C9H16O2/c1-3-7-8(10)5-6-11-9(7)4-2/h5-10H,3-4H2,1-2H3. The molecule has 1 aliphatic heterocycles. The summed E-state index contributed by atoms with van der Waals surface area (Å²) in [5, 5.41) is 9.50. The summed E-state index contributed by atoms with van der Waals surface area (Å²) in [5.74, 6) is 0.282. The predicted molar refractivity (Wildman–Crippen MR) is 44.1 cm³/mol. The van der Waals surface area contributed by atoms with E-state index in [4.69, 9.17) is 4.74 Å². The number of aliphatic hydroxyl groups is 1. The lowest BCUT2D eigenvalue weighted by molar-refractivity contribution is -0.000690. The minimum atomic E-state index is -0.307. The van der Waals surface area contributed by atoms with Gasteiger partial charge >= 0.3 is 0 Å². The summed E-state index contributed by atoms with van der Waals surface area (Å²) in [6.45, 7) is 4.16. The van der Waals surface area contributed by atoms with Gasteiger partial charge in [0.15, 0.2) is 0 Å². The second-order valence-corrected chi connectivity index (χ2v) is 2.97. The fraction of sp³-hybridized carbons (Fsp3) is 0.778. The molecule has 3 unspecified atom stereocenters. The molecule has 0 amide bonds. The first-order valence-electron chi connectivity index (χ1n) is 4.29. The molecule has 0 saturated heterocycles. The topological polar surface area (TPSA) is 29.5 Å². The molecule has 0 fully saturated rings. The zero-order valence-electron chi connectivity index (χ0n) is 7.16. The lowest BCUT2D eigenvalue weighted by atomic mass is 9.90. The highest BCUT2D eigenvalue weighted by molar-refractivity contribution is 4.95. The second kappa shape index (κ2) is 3.77. The SMILES string of the molecule is CCC1OC=CC(O)C1CC. The van der Waals surface area contributed by atoms with Crippen molar-refractivity contribution in [3.8, 4) is 0 Å². The Kier molecular flexibility index (Phi) is 2.94. The molecule has 1 heterocycles. The van der Waals surface area contributed by atoms with Crippen LogP contribution in [0.5, 0.6) is 0 Å². The van der Waals surface area contributed by atoms with Crippen LogP contribution in [-0.4, -0.2) is 17.3 Å². The van der Waals surface area contributed by atoms with Crippen LogP contribution in [0.3, 0.4) is 0 Å². The van der Waals surface area contributed by atoms with Crippen LogP contribution in [0.1, 0.15) is 26.7 Å². The number of hydrogen-bond donors (Lipinski definition) is 1. The monoisotopic (exact) mass is 156 g/mol. The summed E-state index contributed by atoms with van der Waals surface area (Å²) >= 11 is 0. The molecular weight excluding hydrogens is 140 g/mol. The molecule has 3 atom stereocenters. The molecule has 2 nitrogen and oxygen atoms in total. The molecule has 0 aromatic rings. The molecule has 0 aliphatic carbocycles. The predicted octanol–water partition coefficient (Wildman–Crippen LogP) is 1.70. The highest BCUT2D eigenvalue weighted by Crippen LogP contribution is 2.24.